The van der Waals surface area contributed by atoms with Gasteiger partial charge in [0.05, 0.1) is 12.5 Å². The summed E-state index contributed by atoms with van der Waals surface area (Å²) in [5.41, 5.74) is 0. The molecule has 2 saturated heterocycles. The summed E-state index contributed by atoms with van der Waals surface area (Å²) in [6.07, 6.45) is 4.81. The number of carbonyl (C=O) groups is 2. The normalized spacial score (nSPS) is 39.8. The second kappa shape index (κ2) is 8.65. The molecular formula is C14H16I2NO5U-. The van der Waals surface area contributed by atoms with E-state index in [-0.39, 0.29) is 98.2 Å². The van der Waals surface area contributed by atoms with Gasteiger partial charge in [-0.3, -0.25) is 16.0 Å². The van der Waals surface area contributed by atoms with E-state index in [1.165, 1.54) is 0 Å². The quantitative estimate of drug-likeness (QED) is 0.0643. The average molecular weight is 770 g/mol. The van der Waals surface area contributed by atoms with Crippen molar-refractivity contribution >= 4 is 40.8 Å². The van der Waals surface area contributed by atoms with Gasteiger partial charge in [0, 0.05) is 5.92 Å². The van der Waals surface area contributed by atoms with Crippen molar-refractivity contribution in [2.75, 3.05) is 6.61 Å². The van der Waals surface area contributed by atoms with E-state index in [0.29, 0.717) is 10.7 Å². The van der Waals surface area contributed by atoms with Crippen LogP contribution in [0.5, 0.6) is 0 Å². The molecule has 4 aliphatic rings. The van der Waals surface area contributed by atoms with Crippen LogP contribution in [0, 0.1) is 61.2 Å². The van der Waals surface area contributed by atoms with E-state index in [2.05, 4.69) is 26.1 Å². The molecule has 0 radical (unpaired) electrons. The molecule has 0 aromatic heterocycles. The molecule has 4 fully saturated rings. The molecule has 2 bridgehead atoms. The van der Waals surface area contributed by atoms with Crippen LogP contribution in [0.2, 0.25) is 0 Å². The molecule has 0 spiro atoms. The fraction of sp³-hybridized carbons (Fsp3) is 0.714. The van der Waals surface area contributed by atoms with Gasteiger partial charge >= 0.3 is 110 Å². The van der Waals surface area contributed by atoms with Crippen molar-refractivity contribution in [3.63, 3.8) is 0 Å². The molecule has 2 aliphatic carbocycles. The molecule has 0 aromatic carbocycles. The summed E-state index contributed by atoms with van der Waals surface area (Å²) in [6.45, 7) is 2.16. The van der Waals surface area contributed by atoms with Gasteiger partial charge in [-0.05, 0) is 18.9 Å². The summed E-state index contributed by atoms with van der Waals surface area (Å²) < 4.78 is 14.0. The SMILES string of the molecule is CCOC(=O)C1C2[CH-]C3OC(=O)C1C3C2.O=[C-]C(I)C1N[I-]1.[U+2]. The Balaban J connectivity index is 0.000000205. The molecule has 23 heavy (non-hydrogen) atoms. The van der Waals surface area contributed by atoms with E-state index in [0.717, 1.165) is 6.42 Å². The Morgan fingerprint density at radius 2 is 2.35 bits per heavy atom. The summed E-state index contributed by atoms with van der Waals surface area (Å²) in [6, 6.07) is 0. The van der Waals surface area contributed by atoms with Crippen molar-refractivity contribution in [3.05, 3.63) is 6.42 Å². The average Bonchev–Trinajstić information content (AvgIpc) is 3.13. The number of rotatable bonds is 4. The summed E-state index contributed by atoms with van der Waals surface area (Å²) in [5, 5.41) is 0. The van der Waals surface area contributed by atoms with Gasteiger partial charge in [0.2, 0.25) is 0 Å². The summed E-state index contributed by atoms with van der Waals surface area (Å²) in [4.78, 5) is 33.1. The predicted molar refractivity (Wildman–Crippen MR) is 79.8 cm³/mol. The molecule has 7 atom stereocenters. The van der Waals surface area contributed by atoms with Crippen LogP contribution in [-0.2, 0) is 23.9 Å². The van der Waals surface area contributed by atoms with Gasteiger partial charge in [-0.1, -0.05) is 6.42 Å². The summed E-state index contributed by atoms with van der Waals surface area (Å²) in [5.74, 6) is -0.527. The van der Waals surface area contributed by atoms with E-state index in [4.69, 9.17) is 9.47 Å². The molecule has 126 valence electrons. The van der Waals surface area contributed by atoms with Crippen LogP contribution in [-0.4, -0.2) is 38.9 Å². The van der Waals surface area contributed by atoms with Gasteiger partial charge in [-0.15, -0.1) is 5.92 Å². The third kappa shape index (κ3) is 4.26. The first-order chi connectivity index (χ1) is 10.6. The van der Waals surface area contributed by atoms with Crippen LogP contribution < -0.4 is 25.0 Å². The van der Waals surface area contributed by atoms with Crippen LogP contribution >= 0.6 is 22.6 Å². The second-order valence-corrected chi connectivity index (χ2v) is 9.53. The fourth-order valence-electron chi connectivity index (χ4n) is 3.49. The minimum Gasteiger partial charge on any atom is 2.00 e. The number of hydrogen-bond donors (Lipinski definition) is 1. The monoisotopic (exact) mass is 770 g/mol. The maximum absolute atomic E-state index is 11.7. The van der Waals surface area contributed by atoms with E-state index in [1.807, 2.05) is 12.7 Å². The predicted octanol–water partition coefficient (Wildman–Crippen LogP) is -2.61. The van der Waals surface area contributed by atoms with E-state index >= 15 is 0 Å². The molecule has 2 heterocycles. The first kappa shape index (κ1) is 20.4. The molecule has 0 aromatic rings. The minimum absolute atomic E-state index is 0. The number of ether oxygens (including phenoxy) is 2. The van der Waals surface area contributed by atoms with Crippen molar-refractivity contribution in [1.29, 1.82) is 0 Å². The third-order valence-electron chi connectivity index (χ3n) is 4.40. The van der Waals surface area contributed by atoms with E-state index in [9.17, 15) is 14.4 Å². The Kier molecular flexibility index (Phi) is 7.67. The zero-order chi connectivity index (χ0) is 15.9. The Bertz CT molecular complexity index is 488. The summed E-state index contributed by atoms with van der Waals surface area (Å²) in [7, 11) is 0. The van der Waals surface area contributed by atoms with Crippen molar-refractivity contribution in [2.24, 2.45) is 23.7 Å². The van der Waals surface area contributed by atoms with Crippen LogP contribution in [0.3, 0.4) is 0 Å². The number of nitrogens with one attached hydrogen (secondary N) is 1. The maximum Gasteiger partial charge on any atom is 2.00 e. The summed E-state index contributed by atoms with van der Waals surface area (Å²) >= 11 is 2.31. The zero-order valence-corrected chi connectivity index (χ0v) is 20.8. The maximum atomic E-state index is 11.7. The standard InChI is InChI=1S/C11H13O4.C3H3I2NO.U/c1-2-14-10(12)8-5-3-6-7(4-5)15-11(13)9(6)8;4-2(1-7)3-5-6-3;/h4-9H,2-3H2,1H3;2-3,6H;/q-1;-2;+2. The minimum atomic E-state index is -0.277. The number of fused-ring (bicyclic) bond motifs is 1. The molecule has 6 nitrogen and oxygen atoms in total. The van der Waals surface area contributed by atoms with Crippen LogP contribution in [0.15, 0.2) is 0 Å². The molecular weight excluding hydrogens is 754 g/mol. The molecule has 2 aliphatic heterocycles. The van der Waals surface area contributed by atoms with E-state index < -0.39 is 0 Å². The van der Waals surface area contributed by atoms with Crippen molar-refractivity contribution in [3.8, 4) is 0 Å². The first-order valence-corrected chi connectivity index (χ1v) is 10.8. The number of alkyl halides is 2. The van der Waals surface area contributed by atoms with Crippen molar-refractivity contribution < 1.29 is 76.4 Å². The van der Waals surface area contributed by atoms with Gasteiger partial charge in [0.15, 0.2) is 0 Å². The molecule has 9 heteroatoms. The number of carbonyl (C=O) groups excluding carboxylic acids is 3. The topological polar surface area (TPSA) is 91.6 Å². The Morgan fingerprint density at radius 1 is 1.65 bits per heavy atom. The molecule has 1 N–H and O–H groups in total. The van der Waals surface area contributed by atoms with Gasteiger partial charge in [0.1, 0.15) is 0 Å². The number of esters is 2. The van der Waals surface area contributed by atoms with Crippen LogP contribution in [0.25, 0.3) is 0 Å². The van der Waals surface area contributed by atoms with Crippen LogP contribution in [0.4, 0.5) is 0 Å². The Labute approximate surface area is 183 Å². The largest absolute Gasteiger partial charge is 2.00 e. The van der Waals surface area contributed by atoms with Crippen LogP contribution in [0.1, 0.15) is 13.3 Å². The molecule has 2 saturated carbocycles. The smallest absolute Gasteiger partial charge is 2.00 e. The zero-order valence-electron chi connectivity index (χ0n) is 12.3. The molecule has 7 unspecified atom stereocenters. The Hall–Kier alpha value is 1.08. The van der Waals surface area contributed by atoms with Gasteiger partial charge in [-0.2, -0.15) is 0 Å². The van der Waals surface area contributed by atoms with Crippen molar-refractivity contribution in [2.45, 2.75) is 27.4 Å². The number of halogens is 2. The fourth-order valence-corrected chi connectivity index (χ4v) is 6.30. The van der Waals surface area contributed by atoms with E-state index in [1.54, 1.807) is 6.92 Å². The van der Waals surface area contributed by atoms with Gasteiger partial charge in [-0.25, -0.2) is 0 Å². The van der Waals surface area contributed by atoms with Gasteiger partial charge in [0.25, 0.3) is 0 Å². The van der Waals surface area contributed by atoms with Gasteiger partial charge < -0.3 is 9.47 Å². The second-order valence-electron chi connectivity index (χ2n) is 5.60. The first-order valence-electron chi connectivity index (χ1n) is 7.18. The Morgan fingerprint density at radius 3 is 2.87 bits per heavy atom. The third-order valence-corrected chi connectivity index (χ3v) is 8.81. The number of hydrogen-bond acceptors (Lipinski definition) is 6. The molecule has 4 rings (SSSR count). The molecule has 0 amide bonds. The van der Waals surface area contributed by atoms with Crippen molar-refractivity contribution in [1.82, 2.24) is 3.53 Å².